The molecule has 15 heavy (non-hydrogen) atoms. The Morgan fingerprint density at radius 2 is 2.20 bits per heavy atom. The molecule has 76 valence electrons. The van der Waals surface area contributed by atoms with Crippen molar-refractivity contribution >= 4 is 6.29 Å². The molecule has 0 unspecified atom stereocenters. The molecule has 0 bridgehead atoms. The van der Waals surface area contributed by atoms with Crippen LogP contribution < -0.4 is 0 Å². The molecule has 1 aromatic carbocycles. The minimum absolute atomic E-state index is 0.702. The van der Waals surface area contributed by atoms with Crippen molar-refractivity contribution < 1.29 is 4.79 Å². The fourth-order valence-electron chi connectivity index (χ4n) is 1.58. The van der Waals surface area contributed by atoms with Crippen LogP contribution in [0.4, 0.5) is 0 Å². The van der Waals surface area contributed by atoms with Crippen molar-refractivity contribution in [2.24, 2.45) is 7.05 Å². The monoisotopic (exact) mass is 200 g/mol. The molecule has 0 fully saturated rings. The molecule has 0 N–H and O–H groups in total. The highest BCUT2D eigenvalue weighted by Crippen LogP contribution is 2.23. The first-order chi connectivity index (χ1) is 7.20. The Morgan fingerprint density at radius 1 is 1.40 bits per heavy atom. The maximum atomic E-state index is 10.9. The summed E-state index contributed by atoms with van der Waals surface area (Å²) in [6.45, 7) is 2.01. The van der Waals surface area contributed by atoms with Gasteiger partial charge in [0, 0.05) is 24.4 Å². The first-order valence-corrected chi connectivity index (χ1v) is 4.75. The predicted molar refractivity (Wildman–Crippen MR) is 58.8 cm³/mol. The van der Waals surface area contributed by atoms with Gasteiger partial charge in [-0.05, 0) is 12.5 Å². The number of hydrogen-bond acceptors (Lipinski definition) is 2. The lowest BCUT2D eigenvalue weighted by Gasteiger charge is -2.02. The van der Waals surface area contributed by atoms with Crippen LogP contribution in [-0.2, 0) is 7.05 Å². The second-order valence-electron chi connectivity index (χ2n) is 3.61. The minimum atomic E-state index is 0.702. The Morgan fingerprint density at radius 3 is 2.80 bits per heavy atom. The number of carbonyl (C=O) groups is 1. The fraction of sp³-hybridized carbons (Fsp3) is 0.167. The molecule has 2 aromatic rings. The van der Waals surface area contributed by atoms with Crippen LogP contribution in [-0.4, -0.2) is 16.1 Å². The predicted octanol–water partition coefficient (Wildman–Crippen LogP) is 2.21. The molecule has 0 aliphatic heterocycles. The number of aldehydes is 1. The first-order valence-electron chi connectivity index (χ1n) is 4.75. The Labute approximate surface area is 88.4 Å². The van der Waals surface area contributed by atoms with E-state index in [1.807, 2.05) is 38.4 Å². The van der Waals surface area contributed by atoms with E-state index in [1.54, 1.807) is 10.9 Å². The van der Waals surface area contributed by atoms with Crippen LogP contribution in [0.1, 0.15) is 15.9 Å². The van der Waals surface area contributed by atoms with Gasteiger partial charge in [0.1, 0.15) is 0 Å². The third kappa shape index (κ3) is 1.81. The van der Waals surface area contributed by atoms with Gasteiger partial charge in [0.25, 0.3) is 0 Å². The lowest BCUT2D eigenvalue weighted by atomic mass is 10.0. The van der Waals surface area contributed by atoms with Crippen molar-refractivity contribution in [2.75, 3.05) is 0 Å². The lowest BCUT2D eigenvalue weighted by Crippen LogP contribution is -1.88. The summed E-state index contributed by atoms with van der Waals surface area (Å²) in [6.07, 6.45) is 4.55. The van der Waals surface area contributed by atoms with Crippen molar-refractivity contribution in [2.45, 2.75) is 6.92 Å². The van der Waals surface area contributed by atoms with Gasteiger partial charge in [-0.2, -0.15) is 5.10 Å². The van der Waals surface area contributed by atoms with E-state index in [9.17, 15) is 4.79 Å². The van der Waals surface area contributed by atoms with Crippen molar-refractivity contribution in [1.82, 2.24) is 9.78 Å². The molecule has 0 spiro atoms. The third-order valence-corrected chi connectivity index (χ3v) is 2.35. The SMILES string of the molecule is Cc1ccc(C=O)c(-c2cnn(C)c2)c1. The zero-order chi connectivity index (χ0) is 10.8. The van der Waals surface area contributed by atoms with Crippen molar-refractivity contribution in [3.63, 3.8) is 0 Å². The molecular formula is C12H12N2O. The average Bonchev–Trinajstić information content (AvgIpc) is 2.65. The molecule has 3 heteroatoms. The van der Waals surface area contributed by atoms with Gasteiger partial charge in [0.15, 0.2) is 6.29 Å². The second kappa shape index (κ2) is 3.69. The van der Waals surface area contributed by atoms with Gasteiger partial charge in [-0.1, -0.05) is 23.8 Å². The van der Waals surface area contributed by atoms with Crippen LogP contribution in [0.5, 0.6) is 0 Å². The van der Waals surface area contributed by atoms with Gasteiger partial charge in [-0.15, -0.1) is 0 Å². The van der Waals surface area contributed by atoms with E-state index in [4.69, 9.17) is 0 Å². The molecular weight excluding hydrogens is 188 g/mol. The number of aryl methyl sites for hydroxylation is 2. The molecule has 1 heterocycles. The topological polar surface area (TPSA) is 34.9 Å². The maximum Gasteiger partial charge on any atom is 0.150 e. The second-order valence-corrected chi connectivity index (χ2v) is 3.61. The zero-order valence-electron chi connectivity index (χ0n) is 8.77. The number of rotatable bonds is 2. The Balaban J connectivity index is 2.59. The molecule has 0 saturated heterocycles. The molecule has 0 radical (unpaired) electrons. The van der Waals surface area contributed by atoms with Crippen LogP contribution in [0.25, 0.3) is 11.1 Å². The fourth-order valence-corrected chi connectivity index (χ4v) is 1.58. The van der Waals surface area contributed by atoms with E-state index < -0.39 is 0 Å². The number of aromatic nitrogens is 2. The van der Waals surface area contributed by atoms with Gasteiger partial charge in [-0.25, -0.2) is 0 Å². The Hall–Kier alpha value is -1.90. The molecule has 0 aliphatic rings. The number of nitrogens with zero attached hydrogens (tertiary/aromatic N) is 2. The summed E-state index contributed by atoms with van der Waals surface area (Å²) >= 11 is 0. The Bertz CT molecular complexity index is 500. The van der Waals surface area contributed by atoms with Gasteiger partial charge in [0.05, 0.1) is 6.20 Å². The maximum absolute atomic E-state index is 10.9. The summed E-state index contributed by atoms with van der Waals surface area (Å²) in [6, 6.07) is 5.77. The highest BCUT2D eigenvalue weighted by atomic mass is 16.1. The molecule has 1 aromatic heterocycles. The van der Waals surface area contributed by atoms with E-state index in [0.717, 1.165) is 23.0 Å². The Kier molecular flexibility index (Phi) is 2.37. The van der Waals surface area contributed by atoms with Gasteiger partial charge in [0.2, 0.25) is 0 Å². The summed E-state index contributed by atoms with van der Waals surface area (Å²) in [5.41, 5.74) is 3.76. The van der Waals surface area contributed by atoms with Crippen LogP contribution in [0.3, 0.4) is 0 Å². The van der Waals surface area contributed by atoms with Crippen molar-refractivity contribution in [3.05, 3.63) is 41.7 Å². The standard InChI is InChI=1S/C12H12N2O/c1-9-3-4-10(8-15)12(5-9)11-6-13-14(2)7-11/h3-8H,1-2H3. The molecule has 0 amide bonds. The van der Waals surface area contributed by atoms with Gasteiger partial charge < -0.3 is 0 Å². The zero-order valence-corrected chi connectivity index (χ0v) is 8.77. The van der Waals surface area contributed by atoms with E-state index in [2.05, 4.69) is 5.10 Å². The first kappa shape index (κ1) is 9.65. The molecule has 0 atom stereocenters. The number of benzene rings is 1. The molecule has 0 saturated carbocycles. The molecule has 0 aliphatic carbocycles. The largest absolute Gasteiger partial charge is 0.298 e. The van der Waals surface area contributed by atoms with Gasteiger partial charge >= 0.3 is 0 Å². The van der Waals surface area contributed by atoms with E-state index >= 15 is 0 Å². The van der Waals surface area contributed by atoms with Gasteiger partial charge in [-0.3, -0.25) is 9.48 Å². The number of hydrogen-bond donors (Lipinski definition) is 0. The third-order valence-electron chi connectivity index (χ3n) is 2.35. The van der Waals surface area contributed by atoms with Crippen LogP contribution in [0.2, 0.25) is 0 Å². The van der Waals surface area contributed by atoms with Crippen LogP contribution in [0, 0.1) is 6.92 Å². The quantitative estimate of drug-likeness (QED) is 0.696. The molecule has 2 rings (SSSR count). The smallest absolute Gasteiger partial charge is 0.150 e. The lowest BCUT2D eigenvalue weighted by molar-refractivity contribution is 0.112. The number of carbonyl (C=O) groups excluding carboxylic acids is 1. The highest BCUT2D eigenvalue weighted by Gasteiger charge is 2.06. The summed E-state index contributed by atoms with van der Waals surface area (Å²) in [5, 5.41) is 4.10. The summed E-state index contributed by atoms with van der Waals surface area (Å²) < 4.78 is 1.73. The van der Waals surface area contributed by atoms with Crippen molar-refractivity contribution in [3.8, 4) is 11.1 Å². The van der Waals surface area contributed by atoms with E-state index in [0.29, 0.717) is 5.56 Å². The highest BCUT2D eigenvalue weighted by molar-refractivity contribution is 5.87. The normalized spacial score (nSPS) is 10.3. The van der Waals surface area contributed by atoms with E-state index in [1.165, 1.54) is 0 Å². The molecule has 3 nitrogen and oxygen atoms in total. The van der Waals surface area contributed by atoms with Crippen LogP contribution >= 0.6 is 0 Å². The van der Waals surface area contributed by atoms with Crippen LogP contribution in [0.15, 0.2) is 30.6 Å². The summed E-state index contributed by atoms with van der Waals surface area (Å²) in [4.78, 5) is 10.9. The van der Waals surface area contributed by atoms with Crippen molar-refractivity contribution in [1.29, 1.82) is 0 Å². The minimum Gasteiger partial charge on any atom is -0.298 e. The van der Waals surface area contributed by atoms with E-state index in [-0.39, 0.29) is 0 Å². The summed E-state index contributed by atoms with van der Waals surface area (Å²) in [7, 11) is 1.86. The summed E-state index contributed by atoms with van der Waals surface area (Å²) in [5.74, 6) is 0. The average molecular weight is 200 g/mol.